The highest BCUT2D eigenvalue weighted by atomic mass is 16.2. The van der Waals surface area contributed by atoms with Gasteiger partial charge < -0.3 is 9.80 Å². The number of rotatable bonds is 4. The number of hydrogen-bond donors (Lipinski definition) is 0. The van der Waals surface area contributed by atoms with Gasteiger partial charge in [-0.2, -0.15) is 5.10 Å². The molecule has 0 atom stereocenters. The van der Waals surface area contributed by atoms with Gasteiger partial charge >= 0.3 is 0 Å². The van der Waals surface area contributed by atoms with Gasteiger partial charge in [-0.05, 0) is 44.5 Å². The van der Waals surface area contributed by atoms with Crippen molar-refractivity contribution in [1.82, 2.24) is 19.7 Å². The Morgan fingerprint density at radius 3 is 2.39 bits per heavy atom. The van der Waals surface area contributed by atoms with Crippen LogP contribution in [0.25, 0.3) is 22.3 Å². The number of hydrogen-bond acceptors (Lipinski definition) is 4. The lowest BCUT2D eigenvalue weighted by atomic mass is 10.1. The van der Waals surface area contributed by atoms with E-state index >= 15 is 0 Å². The second-order valence-electron chi connectivity index (χ2n) is 8.96. The number of aromatic nitrogens is 3. The van der Waals surface area contributed by atoms with Gasteiger partial charge in [-0.25, -0.2) is 9.67 Å². The molecule has 0 spiro atoms. The van der Waals surface area contributed by atoms with Crippen LogP contribution in [0.5, 0.6) is 0 Å². The summed E-state index contributed by atoms with van der Waals surface area (Å²) in [7, 11) is 0. The average molecular weight is 440 g/mol. The second-order valence-corrected chi connectivity index (χ2v) is 8.96. The number of fused-ring (bicyclic) bond motifs is 1. The summed E-state index contributed by atoms with van der Waals surface area (Å²) >= 11 is 0. The van der Waals surface area contributed by atoms with Crippen molar-refractivity contribution < 1.29 is 4.79 Å². The fourth-order valence-electron chi connectivity index (χ4n) is 4.49. The van der Waals surface area contributed by atoms with Crippen LogP contribution in [0, 0.1) is 6.92 Å². The van der Waals surface area contributed by atoms with E-state index in [0.29, 0.717) is 18.7 Å². The van der Waals surface area contributed by atoms with E-state index in [9.17, 15) is 4.79 Å². The van der Waals surface area contributed by atoms with Crippen LogP contribution < -0.4 is 4.90 Å². The van der Waals surface area contributed by atoms with Crippen LogP contribution >= 0.6 is 0 Å². The minimum Gasteiger partial charge on any atom is -0.368 e. The first-order chi connectivity index (χ1) is 16.0. The molecule has 0 N–H and O–H groups in total. The molecule has 0 aliphatic carbocycles. The summed E-state index contributed by atoms with van der Waals surface area (Å²) in [5.41, 5.74) is 5.70. The van der Waals surface area contributed by atoms with E-state index in [1.807, 2.05) is 46.0 Å². The molecule has 6 heteroatoms. The van der Waals surface area contributed by atoms with E-state index in [2.05, 4.69) is 55.0 Å². The first-order valence-electron chi connectivity index (χ1n) is 11.6. The molecule has 4 aromatic rings. The van der Waals surface area contributed by atoms with Crippen LogP contribution in [0.3, 0.4) is 0 Å². The van der Waals surface area contributed by atoms with Crippen molar-refractivity contribution in [3.05, 3.63) is 78.0 Å². The van der Waals surface area contributed by atoms with Crippen LogP contribution in [0.2, 0.25) is 0 Å². The molecule has 6 nitrogen and oxygen atoms in total. The SMILES string of the molecule is Cc1cccc(N2CCN(C(=O)c3cc(-c4ccccc4)nc4c3cnn4C(C)C)CC2)c1. The summed E-state index contributed by atoms with van der Waals surface area (Å²) in [5.74, 6) is 0.0479. The maximum Gasteiger partial charge on any atom is 0.254 e. The van der Waals surface area contributed by atoms with Gasteiger partial charge in [0, 0.05) is 43.5 Å². The highest BCUT2D eigenvalue weighted by Gasteiger charge is 2.26. The fraction of sp³-hybridized carbons (Fsp3) is 0.296. The van der Waals surface area contributed by atoms with Gasteiger partial charge in [-0.15, -0.1) is 0 Å². The molecule has 5 rings (SSSR count). The topological polar surface area (TPSA) is 54.3 Å². The van der Waals surface area contributed by atoms with Crippen molar-refractivity contribution in [3.8, 4) is 11.3 Å². The van der Waals surface area contributed by atoms with Gasteiger partial charge in [0.05, 0.1) is 22.8 Å². The van der Waals surface area contributed by atoms with Crippen molar-refractivity contribution in [2.24, 2.45) is 0 Å². The summed E-state index contributed by atoms with van der Waals surface area (Å²) in [5, 5.41) is 5.37. The molecular formula is C27H29N5O. The third-order valence-corrected chi connectivity index (χ3v) is 6.29. The summed E-state index contributed by atoms with van der Waals surface area (Å²) in [6.07, 6.45) is 1.79. The van der Waals surface area contributed by atoms with Crippen LogP contribution in [-0.4, -0.2) is 51.8 Å². The van der Waals surface area contributed by atoms with Crippen LogP contribution in [0.1, 0.15) is 35.8 Å². The number of pyridine rings is 1. The van der Waals surface area contributed by atoms with Crippen LogP contribution in [-0.2, 0) is 0 Å². The third kappa shape index (κ3) is 4.09. The van der Waals surface area contributed by atoms with Gasteiger partial charge in [0.15, 0.2) is 5.65 Å². The Hall–Kier alpha value is -3.67. The molecule has 1 amide bonds. The van der Waals surface area contributed by atoms with E-state index in [-0.39, 0.29) is 11.9 Å². The number of carbonyl (C=O) groups excluding carboxylic acids is 1. The molecule has 1 aliphatic heterocycles. The Balaban J connectivity index is 1.47. The number of piperazine rings is 1. The number of benzene rings is 2. The smallest absolute Gasteiger partial charge is 0.254 e. The molecule has 168 valence electrons. The normalized spacial score (nSPS) is 14.3. The summed E-state index contributed by atoms with van der Waals surface area (Å²) < 4.78 is 1.90. The second kappa shape index (κ2) is 8.70. The standard InChI is InChI=1S/C27H29N5O/c1-19(2)32-26-24(18-28-32)23(17-25(29-26)21-9-5-4-6-10-21)27(33)31-14-12-30(13-15-31)22-11-7-8-20(3)16-22/h4-11,16-19H,12-15H2,1-3H3. The van der Waals surface area contributed by atoms with E-state index < -0.39 is 0 Å². The van der Waals surface area contributed by atoms with Gasteiger partial charge in [0.2, 0.25) is 0 Å². The van der Waals surface area contributed by atoms with Crippen molar-refractivity contribution in [2.75, 3.05) is 31.1 Å². The molecule has 33 heavy (non-hydrogen) atoms. The molecule has 0 bridgehead atoms. The minimum absolute atomic E-state index is 0.0479. The Labute approximate surface area is 194 Å². The fourth-order valence-corrected chi connectivity index (χ4v) is 4.49. The Morgan fingerprint density at radius 1 is 0.939 bits per heavy atom. The summed E-state index contributed by atoms with van der Waals surface area (Å²) in [6, 6.07) is 20.7. The van der Waals surface area contributed by atoms with Crippen molar-refractivity contribution in [3.63, 3.8) is 0 Å². The predicted molar refractivity (Wildman–Crippen MR) is 133 cm³/mol. The number of anilines is 1. The maximum atomic E-state index is 13.7. The van der Waals surface area contributed by atoms with Gasteiger partial charge in [0.1, 0.15) is 0 Å². The van der Waals surface area contributed by atoms with E-state index in [4.69, 9.17) is 4.98 Å². The third-order valence-electron chi connectivity index (χ3n) is 6.29. The van der Waals surface area contributed by atoms with Crippen LogP contribution in [0.15, 0.2) is 66.9 Å². The Morgan fingerprint density at radius 2 is 1.70 bits per heavy atom. The molecule has 0 radical (unpaired) electrons. The van der Waals surface area contributed by atoms with Crippen LogP contribution in [0.4, 0.5) is 5.69 Å². The number of aryl methyl sites for hydroxylation is 1. The lowest BCUT2D eigenvalue weighted by Crippen LogP contribution is -2.48. The number of carbonyl (C=O) groups is 1. The molecule has 1 fully saturated rings. The minimum atomic E-state index is 0.0479. The highest BCUT2D eigenvalue weighted by molar-refractivity contribution is 6.06. The molecule has 2 aromatic heterocycles. The number of nitrogens with zero attached hydrogens (tertiary/aromatic N) is 5. The molecule has 3 heterocycles. The summed E-state index contributed by atoms with van der Waals surface area (Å²) in [6.45, 7) is 9.29. The maximum absolute atomic E-state index is 13.7. The first-order valence-corrected chi connectivity index (χ1v) is 11.6. The zero-order valence-corrected chi connectivity index (χ0v) is 19.4. The lowest BCUT2D eigenvalue weighted by molar-refractivity contribution is 0.0748. The van der Waals surface area contributed by atoms with Gasteiger partial charge in [0.25, 0.3) is 5.91 Å². The van der Waals surface area contributed by atoms with Crippen molar-refractivity contribution in [2.45, 2.75) is 26.8 Å². The molecule has 0 unspecified atom stereocenters. The monoisotopic (exact) mass is 439 g/mol. The average Bonchev–Trinajstić information content (AvgIpc) is 3.28. The lowest BCUT2D eigenvalue weighted by Gasteiger charge is -2.36. The highest BCUT2D eigenvalue weighted by Crippen LogP contribution is 2.28. The predicted octanol–water partition coefficient (Wildman–Crippen LogP) is 4.95. The largest absolute Gasteiger partial charge is 0.368 e. The Kier molecular flexibility index (Phi) is 5.58. The summed E-state index contributed by atoms with van der Waals surface area (Å²) in [4.78, 5) is 22.9. The molecular weight excluding hydrogens is 410 g/mol. The zero-order chi connectivity index (χ0) is 22.9. The molecule has 1 saturated heterocycles. The number of amides is 1. The quantitative estimate of drug-likeness (QED) is 0.451. The Bertz CT molecular complexity index is 1290. The van der Waals surface area contributed by atoms with Crippen molar-refractivity contribution >= 4 is 22.6 Å². The molecule has 0 saturated carbocycles. The molecule has 2 aromatic carbocycles. The van der Waals surface area contributed by atoms with E-state index in [0.717, 1.165) is 35.4 Å². The van der Waals surface area contributed by atoms with Crippen molar-refractivity contribution in [1.29, 1.82) is 0 Å². The van der Waals surface area contributed by atoms with E-state index in [1.54, 1.807) is 6.20 Å². The zero-order valence-electron chi connectivity index (χ0n) is 19.4. The van der Waals surface area contributed by atoms with E-state index in [1.165, 1.54) is 11.3 Å². The van der Waals surface area contributed by atoms with Gasteiger partial charge in [-0.1, -0.05) is 42.5 Å². The van der Waals surface area contributed by atoms with Gasteiger partial charge in [-0.3, -0.25) is 4.79 Å². The molecule has 1 aliphatic rings. The first kappa shape index (κ1) is 21.2.